The van der Waals surface area contributed by atoms with E-state index in [2.05, 4.69) is 47.6 Å². The second kappa shape index (κ2) is 5.29. The van der Waals surface area contributed by atoms with Gasteiger partial charge in [0.05, 0.1) is 22.8 Å². The van der Waals surface area contributed by atoms with Gasteiger partial charge in [0.15, 0.2) is 5.82 Å². The van der Waals surface area contributed by atoms with E-state index in [1.54, 1.807) is 11.3 Å². The summed E-state index contributed by atoms with van der Waals surface area (Å²) in [7, 11) is 0. The molecule has 0 saturated heterocycles. The molecule has 0 radical (unpaired) electrons. The molecule has 7 nitrogen and oxygen atoms in total. The van der Waals surface area contributed by atoms with Gasteiger partial charge in [-0.15, -0.1) is 21.5 Å². The van der Waals surface area contributed by atoms with Crippen LogP contribution < -0.4 is 5.32 Å². The highest BCUT2D eigenvalue weighted by atomic mass is 32.1. The largest absolute Gasteiger partial charge is 0.303 e. The summed E-state index contributed by atoms with van der Waals surface area (Å²) in [5, 5.41) is 26.5. The topological polar surface area (TPSA) is 95.2 Å². The van der Waals surface area contributed by atoms with Crippen molar-refractivity contribution >= 4 is 11.3 Å². The maximum absolute atomic E-state index is 4.11. The number of hydrogen-bond donors (Lipinski definition) is 3. The minimum absolute atomic E-state index is 0.0323. The zero-order valence-electron chi connectivity index (χ0n) is 10.3. The molecular formula is C11H13N7S. The van der Waals surface area contributed by atoms with Crippen LogP contribution in [0, 0.1) is 0 Å². The van der Waals surface area contributed by atoms with Gasteiger partial charge in [0.25, 0.3) is 0 Å². The van der Waals surface area contributed by atoms with Gasteiger partial charge < -0.3 is 5.32 Å². The predicted octanol–water partition coefficient (Wildman–Crippen LogP) is 1.50. The van der Waals surface area contributed by atoms with Gasteiger partial charge >= 0.3 is 0 Å². The number of thiophene rings is 1. The lowest BCUT2D eigenvalue weighted by atomic mass is 10.2. The van der Waals surface area contributed by atoms with Gasteiger partial charge in [0.1, 0.15) is 0 Å². The van der Waals surface area contributed by atoms with E-state index in [0.717, 1.165) is 11.3 Å². The Hall–Kier alpha value is -2.06. The summed E-state index contributed by atoms with van der Waals surface area (Å²) in [6.45, 7) is 2.69. The number of H-pyrrole nitrogens is 2. The van der Waals surface area contributed by atoms with Crippen molar-refractivity contribution in [3.63, 3.8) is 0 Å². The van der Waals surface area contributed by atoms with E-state index in [1.807, 2.05) is 19.2 Å². The van der Waals surface area contributed by atoms with E-state index in [1.165, 1.54) is 4.88 Å². The second-order valence-corrected chi connectivity index (χ2v) is 5.07. The maximum atomic E-state index is 4.11. The fourth-order valence-corrected chi connectivity index (χ4v) is 2.54. The van der Waals surface area contributed by atoms with Crippen molar-refractivity contribution in [3.05, 3.63) is 35.1 Å². The highest BCUT2D eigenvalue weighted by Gasteiger charge is 2.12. The number of hydrogen-bond acceptors (Lipinski definition) is 6. The SMILES string of the molecule is CC(NCc1cn[nH]c1-c1cccs1)c1nn[nH]n1. The molecule has 0 amide bonds. The van der Waals surface area contributed by atoms with Crippen LogP contribution in [0.4, 0.5) is 0 Å². The molecule has 0 saturated carbocycles. The van der Waals surface area contributed by atoms with Gasteiger partial charge in [-0.05, 0) is 18.4 Å². The van der Waals surface area contributed by atoms with E-state index < -0.39 is 0 Å². The number of aromatic amines is 2. The second-order valence-electron chi connectivity index (χ2n) is 4.12. The Kier molecular flexibility index (Phi) is 3.34. The monoisotopic (exact) mass is 275 g/mol. The van der Waals surface area contributed by atoms with E-state index >= 15 is 0 Å². The summed E-state index contributed by atoms with van der Waals surface area (Å²) in [5.74, 6) is 0.654. The molecular weight excluding hydrogens is 262 g/mol. The molecule has 0 spiro atoms. The van der Waals surface area contributed by atoms with Crippen LogP contribution >= 0.6 is 11.3 Å². The Bertz CT molecular complexity index is 613. The smallest absolute Gasteiger partial charge is 0.191 e. The van der Waals surface area contributed by atoms with Crippen molar-refractivity contribution in [1.29, 1.82) is 0 Å². The molecule has 3 aromatic rings. The number of nitrogens with zero attached hydrogens (tertiary/aromatic N) is 4. The third-order valence-electron chi connectivity index (χ3n) is 2.83. The van der Waals surface area contributed by atoms with Crippen molar-refractivity contribution in [2.24, 2.45) is 0 Å². The van der Waals surface area contributed by atoms with Crippen LogP contribution in [0.3, 0.4) is 0 Å². The maximum Gasteiger partial charge on any atom is 0.191 e. The molecule has 3 rings (SSSR count). The summed E-state index contributed by atoms with van der Waals surface area (Å²) in [6, 6.07) is 4.13. The summed E-state index contributed by atoms with van der Waals surface area (Å²) < 4.78 is 0. The van der Waals surface area contributed by atoms with Crippen LogP contribution in [-0.2, 0) is 6.54 Å². The first-order chi connectivity index (χ1) is 9.34. The van der Waals surface area contributed by atoms with Gasteiger partial charge in [-0.25, -0.2) is 0 Å². The summed E-state index contributed by atoms with van der Waals surface area (Å²) >= 11 is 1.69. The molecule has 1 unspecified atom stereocenters. The van der Waals surface area contributed by atoms with Gasteiger partial charge in [0.2, 0.25) is 0 Å². The van der Waals surface area contributed by atoms with Crippen molar-refractivity contribution in [3.8, 4) is 10.6 Å². The Morgan fingerprint density at radius 2 is 2.42 bits per heavy atom. The number of rotatable bonds is 5. The quantitative estimate of drug-likeness (QED) is 0.656. The van der Waals surface area contributed by atoms with Gasteiger partial charge in [-0.1, -0.05) is 11.3 Å². The van der Waals surface area contributed by atoms with Crippen LogP contribution in [0.2, 0.25) is 0 Å². The van der Waals surface area contributed by atoms with Crippen molar-refractivity contribution in [2.45, 2.75) is 19.5 Å². The Balaban J connectivity index is 1.70. The molecule has 0 bridgehead atoms. The first kappa shape index (κ1) is 12.0. The van der Waals surface area contributed by atoms with E-state index in [-0.39, 0.29) is 6.04 Å². The first-order valence-corrected chi connectivity index (χ1v) is 6.75. The fourth-order valence-electron chi connectivity index (χ4n) is 1.79. The zero-order valence-corrected chi connectivity index (χ0v) is 11.1. The van der Waals surface area contributed by atoms with Crippen LogP contribution in [0.25, 0.3) is 10.6 Å². The molecule has 0 aliphatic rings. The molecule has 0 fully saturated rings. The van der Waals surface area contributed by atoms with Crippen LogP contribution in [0.1, 0.15) is 24.4 Å². The van der Waals surface area contributed by atoms with Gasteiger partial charge in [-0.2, -0.15) is 10.3 Å². The molecule has 8 heteroatoms. The lowest BCUT2D eigenvalue weighted by molar-refractivity contribution is 0.547. The van der Waals surface area contributed by atoms with Crippen molar-refractivity contribution in [2.75, 3.05) is 0 Å². The number of aromatic nitrogens is 6. The first-order valence-electron chi connectivity index (χ1n) is 5.87. The Morgan fingerprint density at radius 1 is 1.47 bits per heavy atom. The zero-order chi connectivity index (χ0) is 13.1. The molecule has 0 aliphatic carbocycles. The van der Waals surface area contributed by atoms with Crippen LogP contribution in [0.15, 0.2) is 23.7 Å². The number of tetrazole rings is 1. The summed E-state index contributed by atoms with van der Waals surface area (Å²) in [6.07, 6.45) is 1.84. The Morgan fingerprint density at radius 3 is 3.16 bits per heavy atom. The van der Waals surface area contributed by atoms with Crippen molar-refractivity contribution < 1.29 is 0 Å². The minimum Gasteiger partial charge on any atom is -0.303 e. The molecule has 3 heterocycles. The molecule has 0 aromatic carbocycles. The highest BCUT2D eigenvalue weighted by molar-refractivity contribution is 7.13. The van der Waals surface area contributed by atoms with Crippen molar-refractivity contribution in [1.82, 2.24) is 36.1 Å². The average Bonchev–Trinajstić information content (AvgIpc) is 3.14. The molecule has 1 atom stereocenters. The number of nitrogens with one attached hydrogen (secondary N) is 3. The predicted molar refractivity (Wildman–Crippen MR) is 71.3 cm³/mol. The molecule has 3 N–H and O–H groups in total. The normalized spacial score (nSPS) is 12.7. The fraction of sp³-hybridized carbons (Fsp3) is 0.273. The highest BCUT2D eigenvalue weighted by Crippen LogP contribution is 2.25. The molecule has 0 aliphatic heterocycles. The molecule has 3 aromatic heterocycles. The lowest BCUT2D eigenvalue weighted by Gasteiger charge is -2.09. The summed E-state index contributed by atoms with van der Waals surface area (Å²) in [5.41, 5.74) is 2.18. The average molecular weight is 275 g/mol. The van der Waals surface area contributed by atoms with E-state index in [4.69, 9.17) is 0 Å². The van der Waals surface area contributed by atoms with Crippen LogP contribution in [0.5, 0.6) is 0 Å². The lowest BCUT2D eigenvalue weighted by Crippen LogP contribution is -2.19. The third kappa shape index (κ3) is 2.54. The molecule has 98 valence electrons. The van der Waals surface area contributed by atoms with E-state index in [0.29, 0.717) is 12.4 Å². The van der Waals surface area contributed by atoms with Crippen LogP contribution in [-0.4, -0.2) is 30.8 Å². The molecule has 19 heavy (non-hydrogen) atoms. The standard InChI is InChI=1S/C11H13N7S/c1-7(11-15-17-18-16-11)12-5-8-6-13-14-10(8)9-3-2-4-19-9/h2-4,6-7,12H,5H2,1H3,(H,13,14)(H,15,16,17,18). The summed E-state index contributed by atoms with van der Waals surface area (Å²) in [4.78, 5) is 1.18. The van der Waals surface area contributed by atoms with Gasteiger partial charge in [-0.3, -0.25) is 5.10 Å². The van der Waals surface area contributed by atoms with Gasteiger partial charge in [0, 0.05) is 12.1 Å². The van der Waals surface area contributed by atoms with E-state index in [9.17, 15) is 0 Å². The Labute approximate surface area is 113 Å². The third-order valence-corrected chi connectivity index (χ3v) is 3.72. The minimum atomic E-state index is 0.0323.